The van der Waals surface area contributed by atoms with E-state index in [4.69, 9.17) is 5.73 Å². The first-order valence-corrected chi connectivity index (χ1v) is 6.10. The quantitative estimate of drug-likeness (QED) is 0.877. The summed E-state index contributed by atoms with van der Waals surface area (Å²) in [6.07, 6.45) is 0.275. The Labute approximate surface area is 111 Å². The van der Waals surface area contributed by atoms with Crippen molar-refractivity contribution >= 4 is 5.91 Å². The highest BCUT2D eigenvalue weighted by Crippen LogP contribution is 2.28. The number of rotatable bonds is 4. The molecule has 0 radical (unpaired) electrons. The first-order chi connectivity index (χ1) is 8.99. The number of aromatic hydroxyl groups is 1. The van der Waals surface area contributed by atoms with E-state index in [-0.39, 0.29) is 18.1 Å². The average Bonchev–Trinajstić information content (AvgIpc) is 2.63. The lowest BCUT2D eigenvalue weighted by atomic mass is 10.0. The van der Waals surface area contributed by atoms with Gasteiger partial charge in [0.15, 0.2) is 0 Å². The van der Waals surface area contributed by atoms with Crippen molar-refractivity contribution in [1.82, 2.24) is 9.78 Å². The van der Waals surface area contributed by atoms with Crippen molar-refractivity contribution in [3.05, 3.63) is 35.7 Å². The van der Waals surface area contributed by atoms with Gasteiger partial charge >= 0.3 is 0 Å². The van der Waals surface area contributed by atoms with Crippen LogP contribution < -0.4 is 5.73 Å². The van der Waals surface area contributed by atoms with Crippen molar-refractivity contribution in [3.63, 3.8) is 0 Å². The highest BCUT2D eigenvalue weighted by molar-refractivity contribution is 5.73. The molecule has 0 bridgehead atoms. The Balaban J connectivity index is 2.36. The van der Waals surface area contributed by atoms with E-state index >= 15 is 0 Å². The van der Waals surface area contributed by atoms with Crippen LogP contribution in [0.4, 0.5) is 0 Å². The maximum Gasteiger partial charge on any atom is 0.219 e. The molecule has 1 amide bonds. The number of aromatic nitrogens is 2. The summed E-state index contributed by atoms with van der Waals surface area (Å²) in [6.45, 7) is 4.37. The molecule has 3 N–H and O–H groups in total. The summed E-state index contributed by atoms with van der Waals surface area (Å²) in [4.78, 5) is 10.8. The van der Waals surface area contributed by atoms with E-state index in [0.717, 1.165) is 22.5 Å². The maximum atomic E-state index is 10.8. The number of primary amides is 1. The third kappa shape index (κ3) is 2.76. The van der Waals surface area contributed by atoms with Crippen LogP contribution in [0, 0.1) is 13.8 Å². The first kappa shape index (κ1) is 13.1. The lowest BCUT2D eigenvalue weighted by molar-refractivity contribution is -0.118. The number of carbonyl (C=O) groups is 1. The van der Waals surface area contributed by atoms with E-state index in [2.05, 4.69) is 5.10 Å². The Bertz CT molecular complexity index is 600. The van der Waals surface area contributed by atoms with Gasteiger partial charge in [0.25, 0.3) is 0 Å². The molecular weight excluding hydrogens is 242 g/mol. The fraction of sp³-hybridized carbons (Fsp3) is 0.286. The zero-order valence-corrected chi connectivity index (χ0v) is 11.1. The van der Waals surface area contributed by atoms with E-state index in [0.29, 0.717) is 6.54 Å². The zero-order valence-electron chi connectivity index (χ0n) is 11.1. The molecule has 0 aliphatic rings. The summed E-state index contributed by atoms with van der Waals surface area (Å²) in [5.74, 6) is -0.0982. The van der Waals surface area contributed by atoms with Crippen LogP contribution in [0.5, 0.6) is 5.75 Å². The van der Waals surface area contributed by atoms with Gasteiger partial charge in [0.1, 0.15) is 5.75 Å². The van der Waals surface area contributed by atoms with Crippen molar-refractivity contribution in [3.8, 4) is 16.9 Å². The van der Waals surface area contributed by atoms with Crippen LogP contribution in [0.3, 0.4) is 0 Å². The monoisotopic (exact) mass is 259 g/mol. The molecule has 2 rings (SSSR count). The molecule has 0 aliphatic heterocycles. The summed E-state index contributed by atoms with van der Waals surface area (Å²) < 4.78 is 1.79. The second kappa shape index (κ2) is 5.14. The molecule has 19 heavy (non-hydrogen) atoms. The fourth-order valence-corrected chi connectivity index (χ4v) is 2.18. The molecule has 1 aromatic carbocycles. The molecule has 1 heterocycles. The van der Waals surface area contributed by atoms with Gasteiger partial charge in [0.2, 0.25) is 5.91 Å². The topological polar surface area (TPSA) is 81.1 Å². The molecule has 0 saturated heterocycles. The Hall–Kier alpha value is -2.30. The molecule has 1 aromatic heterocycles. The number of benzene rings is 1. The summed E-state index contributed by atoms with van der Waals surface area (Å²) in [5.41, 5.74) is 9.07. The molecular formula is C14H17N3O2. The summed E-state index contributed by atoms with van der Waals surface area (Å²) in [7, 11) is 0. The maximum absolute atomic E-state index is 10.8. The second-order valence-corrected chi connectivity index (χ2v) is 4.53. The van der Waals surface area contributed by atoms with Gasteiger partial charge in [-0.25, -0.2) is 0 Å². The van der Waals surface area contributed by atoms with E-state index in [1.165, 1.54) is 0 Å². The minimum Gasteiger partial charge on any atom is -0.508 e. The van der Waals surface area contributed by atoms with E-state index in [9.17, 15) is 9.90 Å². The van der Waals surface area contributed by atoms with Crippen LogP contribution in [0.15, 0.2) is 24.3 Å². The normalized spacial score (nSPS) is 10.6. The highest BCUT2D eigenvalue weighted by Gasteiger charge is 2.13. The van der Waals surface area contributed by atoms with Gasteiger partial charge in [-0.2, -0.15) is 5.10 Å². The molecule has 100 valence electrons. The minimum atomic E-state index is -0.335. The standard InChI is InChI=1S/C14H17N3O2/c1-9-14(11-3-5-12(18)6-4-11)10(2)17(16-9)8-7-13(15)19/h3-6,18H,7-8H2,1-2H3,(H2,15,19). The molecule has 5 nitrogen and oxygen atoms in total. The van der Waals surface area contributed by atoms with Crippen LogP contribution in [-0.2, 0) is 11.3 Å². The van der Waals surface area contributed by atoms with Crippen molar-refractivity contribution < 1.29 is 9.90 Å². The number of nitrogens with zero attached hydrogens (tertiary/aromatic N) is 2. The van der Waals surface area contributed by atoms with Gasteiger partial charge in [-0.15, -0.1) is 0 Å². The Kier molecular flexibility index (Phi) is 3.55. The van der Waals surface area contributed by atoms with Gasteiger partial charge in [0.05, 0.1) is 5.69 Å². The lowest BCUT2D eigenvalue weighted by Crippen LogP contribution is -2.15. The van der Waals surface area contributed by atoms with Gasteiger partial charge in [-0.3, -0.25) is 9.48 Å². The Morgan fingerprint density at radius 3 is 2.53 bits per heavy atom. The minimum absolute atomic E-state index is 0.236. The lowest BCUT2D eigenvalue weighted by Gasteiger charge is -2.04. The molecule has 2 aromatic rings. The number of phenolic OH excluding ortho intramolecular Hbond substituents is 1. The third-order valence-electron chi connectivity index (χ3n) is 3.11. The van der Waals surface area contributed by atoms with Crippen molar-refractivity contribution in [2.24, 2.45) is 5.73 Å². The molecule has 0 atom stereocenters. The zero-order chi connectivity index (χ0) is 14.0. The predicted octanol–water partition coefficient (Wildman–Crippen LogP) is 1.75. The van der Waals surface area contributed by atoms with Crippen LogP contribution in [-0.4, -0.2) is 20.8 Å². The number of nitrogens with two attached hydrogens (primary N) is 1. The molecule has 5 heteroatoms. The summed E-state index contributed by atoms with van der Waals surface area (Å²) >= 11 is 0. The number of amides is 1. The van der Waals surface area contributed by atoms with Gasteiger partial charge in [-0.1, -0.05) is 12.1 Å². The van der Waals surface area contributed by atoms with Gasteiger partial charge in [-0.05, 0) is 31.5 Å². The number of carbonyl (C=O) groups excluding carboxylic acids is 1. The van der Waals surface area contributed by atoms with Crippen molar-refractivity contribution in [1.29, 1.82) is 0 Å². The Morgan fingerprint density at radius 1 is 1.32 bits per heavy atom. The van der Waals surface area contributed by atoms with E-state index in [1.54, 1.807) is 16.8 Å². The number of hydrogen-bond donors (Lipinski definition) is 2. The molecule has 0 aliphatic carbocycles. The summed E-state index contributed by atoms with van der Waals surface area (Å²) in [5, 5.41) is 13.7. The molecule has 0 fully saturated rings. The second-order valence-electron chi connectivity index (χ2n) is 4.53. The van der Waals surface area contributed by atoms with Gasteiger partial charge < -0.3 is 10.8 Å². The van der Waals surface area contributed by atoms with E-state index < -0.39 is 0 Å². The number of hydrogen-bond acceptors (Lipinski definition) is 3. The molecule has 0 unspecified atom stereocenters. The average molecular weight is 259 g/mol. The number of aryl methyl sites for hydroxylation is 2. The van der Waals surface area contributed by atoms with Crippen molar-refractivity contribution in [2.75, 3.05) is 0 Å². The SMILES string of the molecule is Cc1nn(CCC(N)=O)c(C)c1-c1ccc(O)cc1. The Morgan fingerprint density at radius 2 is 1.95 bits per heavy atom. The highest BCUT2D eigenvalue weighted by atomic mass is 16.3. The van der Waals surface area contributed by atoms with Crippen molar-refractivity contribution in [2.45, 2.75) is 26.8 Å². The third-order valence-corrected chi connectivity index (χ3v) is 3.11. The first-order valence-electron chi connectivity index (χ1n) is 6.10. The predicted molar refractivity (Wildman–Crippen MR) is 72.6 cm³/mol. The van der Waals surface area contributed by atoms with E-state index in [1.807, 2.05) is 26.0 Å². The van der Waals surface area contributed by atoms with Crippen LogP contribution in [0.1, 0.15) is 17.8 Å². The molecule has 0 spiro atoms. The fourth-order valence-electron chi connectivity index (χ4n) is 2.18. The summed E-state index contributed by atoms with van der Waals surface area (Å²) in [6, 6.07) is 7.00. The van der Waals surface area contributed by atoms with Crippen LogP contribution in [0.25, 0.3) is 11.1 Å². The van der Waals surface area contributed by atoms with Crippen LogP contribution in [0.2, 0.25) is 0 Å². The van der Waals surface area contributed by atoms with Gasteiger partial charge in [0, 0.05) is 24.2 Å². The molecule has 0 saturated carbocycles. The smallest absolute Gasteiger partial charge is 0.219 e. The number of phenols is 1. The van der Waals surface area contributed by atoms with Crippen LogP contribution >= 0.6 is 0 Å². The largest absolute Gasteiger partial charge is 0.508 e.